The Hall–Kier alpha value is -2.01. The molecular weight excluding hydrogens is 322 g/mol. The number of aromatic carboxylic acids is 1. The molecule has 0 aromatic heterocycles. The van der Waals surface area contributed by atoms with E-state index in [0.29, 0.717) is 6.54 Å². The van der Waals surface area contributed by atoms with Crippen molar-refractivity contribution in [3.8, 4) is 5.75 Å². The van der Waals surface area contributed by atoms with Crippen molar-refractivity contribution >= 4 is 27.6 Å². The number of rotatable bonds is 4. The topological polar surface area (TPSA) is 60.8 Å². The molecule has 0 aliphatic carbocycles. The molecule has 0 bridgehead atoms. The highest BCUT2D eigenvalue weighted by Gasteiger charge is 2.09. The Kier molecular flexibility index (Phi) is 4.29. The first-order valence-corrected chi connectivity index (χ1v) is 6.78. The van der Waals surface area contributed by atoms with E-state index in [9.17, 15) is 9.90 Å². The van der Waals surface area contributed by atoms with Gasteiger partial charge in [-0.1, -0.05) is 28.1 Å². The van der Waals surface area contributed by atoms with Crippen LogP contribution in [0.5, 0.6) is 5.75 Å². The van der Waals surface area contributed by atoms with Crippen molar-refractivity contribution in [1.29, 1.82) is 0 Å². The molecule has 5 heteroatoms. The first-order chi connectivity index (χ1) is 9.47. The van der Waals surface area contributed by atoms with Crippen molar-refractivity contribution in [2.24, 2.45) is 0 Å². The molecule has 0 amide bonds. The first-order valence-electron chi connectivity index (χ1n) is 5.99. The second kappa shape index (κ2) is 5.96. The minimum Gasteiger partial charge on any atom is -0.508 e. The Bertz CT molecular complexity index is 643. The molecule has 4 nitrogen and oxygen atoms in total. The molecule has 0 heterocycles. The minimum atomic E-state index is -0.946. The van der Waals surface area contributed by atoms with Gasteiger partial charge in [0.05, 0.1) is 5.56 Å². The van der Waals surface area contributed by atoms with E-state index < -0.39 is 5.97 Å². The lowest BCUT2D eigenvalue weighted by atomic mass is 10.1. The molecule has 0 unspecified atom stereocenters. The molecule has 2 aromatic carbocycles. The summed E-state index contributed by atoms with van der Waals surface area (Å²) in [6, 6.07) is 11.9. The van der Waals surface area contributed by atoms with E-state index in [2.05, 4.69) is 15.9 Å². The van der Waals surface area contributed by atoms with Crippen LogP contribution in [-0.2, 0) is 6.54 Å². The second-order valence-electron chi connectivity index (χ2n) is 4.49. The number of phenols is 1. The van der Waals surface area contributed by atoms with Gasteiger partial charge in [0.1, 0.15) is 5.75 Å². The SMILES string of the molecule is CN(Cc1ccc(C(=O)O)cc1Br)c1cccc(O)c1. The normalized spacial score (nSPS) is 10.3. The third kappa shape index (κ3) is 3.30. The fraction of sp³-hybridized carbons (Fsp3) is 0.133. The highest BCUT2D eigenvalue weighted by Crippen LogP contribution is 2.24. The van der Waals surface area contributed by atoms with Crippen LogP contribution in [0.25, 0.3) is 0 Å². The molecule has 2 rings (SSSR count). The Labute approximate surface area is 125 Å². The van der Waals surface area contributed by atoms with Gasteiger partial charge in [-0.05, 0) is 29.8 Å². The van der Waals surface area contributed by atoms with Crippen LogP contribution in [-0.4, -0.2) is 23.2 Å². The van der Waals surface area contributed by atoms with Crippen LogP contribution in [0.3, 0.4) is 0 Å². The van der Waals surface area contributed by atoms with Gasteiger partial charge in [-0.3, -0.25) is 0 Å². The molecule has 0 atom stereocenters. The zero-order chi connectivity index (χ0) is 14.7. The summed E-state index contributed by atoms with van der Waals surface area (Å²) in [7, 11) is 1.91. The summed E-state index contributed by atoms with van der Waals surface area (Å²) in [4.78, 5) is 12.9. The number of anilines is 1. The smallest absolute Gasteiger partial charge is 0.335 e. The van der Waals surface area contributed by atoms with E-state index in [1.54, 1.807) is 36.4 Å². The first kappa shape index (κ1) is 14.4. The summed E-state index contributed by atoms with van der Waals surface area (Å²) in [6.45, 7) is 0.601. The lowest BCUT2D eigenvalue weighted by Crippen LogP contribution is -2.16. The van der Waals surface area contributed by atoms with E-state index in [1.807, 2.05) is 18.0 Å². The molecule has 0 saturated carbocycles. The maximum absolute atomic E-state index is 10.9. The number of benzene rings is 2. The quantitative estimate of drug-likeness (QED) is 0.897. The maximum Gasteiger partial charge on any atom is 0.335 e. The Morgan fingerprint density at radius 1 is 1.25 bits per heavy atom. The van der Waals surface area contributed by atoms with Gasteiger partial charge < -0.3 is 15.1 Å². The van der Waals surface area contributed by atoms with Crippen LogP contribution in [0.2, 0.25) is 0 Å². The lowest BCUT2D eigenvalue weighted by Gasteiger charge is -2.20. The van der Waals surface area contributed by atoms with E-state index in [0.717, 1.165) is 15.7 Å². The highest BCUT2D eigenvalue weighted by molar-refractivity contribution is 9.10. The fourth-order valence-electron chi connectivity index (χ4n) is 1.89. The van der Waals surface area contributed by atoms with Gasteiger partial charge in [-0.2, -0.15) is 0 Å². The van der Waals surface area contributed by atoms with Gasteiger partial charge in [0.25, 0.3) is 0 Å². The molecule has 0 radical (unpaired) electrons. The molecule has 0 fully saturated rings. The van der Waals surface area contributed by atoms with Crippen LogP contribution in [0.15, 0.2) is 46.9 Å². The average molecular weight is 336 g/mol. The van der Waals surface area contributed by atoms with Crippen LogP contribution in [0, 0.1) is 0 Å². The minimum absolute atomic E-state index is 0.217. The number of nitrogens with zero attached hydrogens (tertiary/aromatic N) is 1. The number of phenolic OH excluding ortho intramolecular Hbond substituents is 1. The molecule has 0 spiro atoms. The molecule has 104 valence electrons. The van der Waals surface area contributed by atoms with Gasteiger partial charge in [0, 0.05) is 29.8 Å². The van der Waals surface area contributed by atoms with Gasteiger partial charge in [0.15, 0.2) is 0 Å². The van der Waals surface area contributed by atoms with Gasteiger partial charge in [0.2, 0.25) is 0 Å². The molecule has 2 N–H and O–H groups in total. The lowest BCUT2D eigenvalue weighted by molar-refractivity contribution is 0.0697. The number of hydrogen-bond acceptors (Lipinski definition) is 3. The zero-order valence-electron chi connectivity index (χ0n) is 10.9. The summed E-state index contributed by atoms with van der Waals surface area (Å²) in [5, 5.41) is 18.4. The predicted octanol–water partition coefficient (Wildman–Crippen LogP) is 3.49. The van der Waals surface area contributed by atoms with Crippen molar-refractivity contribution in [3.63, 3.8) is 0 Å². The molecule has 0 saturated heterocycles. The van der Waals surface area contributed by atoms with Gasteiger partial charge in [-0.25, -0.2) is 4.79 Å². The molecule has 0 aliphatic heterocycles. The van der Waals surface area contributed by atoms with Gasteiger partial charge >= 0.3 is 5.97 Å². The Balaban J connectivity index is 2.19. The van der Waals surface area contributed by atoms with Crippen LogP contribution in [0.4, 0.5) is 5.69 Å². The summed E-state index contributed by atoms with van der Waals surface area (Å²) in [5.74, 6) is -0.728. The molecule has 0 aliphatic rings. The Morgan fingerprint density at radius 3 is 2.60 bits per heavy atom. The summed E-state index contributed by atoms with van der Waals surface area (Å²) < 4.78 is 0.754. The highest BCUT2D eigenvalue weighted by atomic mass is 79.9. The predicted molar refractivity (Wildman–Crippen MR) is 81.3 cm³/mol. The van der Waals surface area contributed by atoms with Crippen molar-refractivity contribution < 1.29 is 15.0 Å². The molecular formula is C15H14BrNO3. The molecule has 2 aromatic rings. The number of carboxylic acid groups (broad SMARTS) is 1. The zero-order valence-corrected chi connectivity index (χ0v) is 12.5. The monoisotopic (exact) mass is 335 g/mol. The van der Waals surface area contributed by atoms with Gasteiger partial charge in [-0.15, -0.1) is 0 Å². The summed E-state index contributed by atoms with van der Waals surface area (Å²) >= 11 is 3.39. The van der Waals surface area contributed by atoms with Crippen LogP contribution >= 0.6 is 15.9 Å². The van der Waals surface area contributed by atoms with Crippen molar-refractivity contribution in [2.45, 2.75) is 6.54 Å². The largest absolute Gasteiger partial charge is 0.508 e. The van der Waals surface area contributed by atoms with Crippen LogP contribution < -0.4 is 4.90 Å². The summed E-state index contributed by atoms with van der Waals surface area (Å²) in [6.07, 6.45) is 0. The van der Waals surface area contributed by atoms with E-state index >= 15 is 0 Å². The van der Waals surface area contributed by atoms with Crippen molar-refractivity contribution in [2.75, 3.05) is 11.9 Å². The van der Waals surface area contributed by atoms with E-state index in [-0.39, 0.29) is 11.3 Å². The van der Waals surface area contributed by atoms with E-state index in [1.165, 1.54) is 0 Å². The number of hydrogen-bond donors (Lipinski definition) is 2. The maximum atomic E-state index is 10.9. The average Bonchev–Trinajstić information content (AvgIpc) is 2.40. The third-order valence-corrected chi connectivity index (χ3v) is 3.72. The number of halogens is 1. The third-order valence-electron chi connectivity index (χ3n) is 2.98. The number of aromatic hydroxyl groups is 1. The number of carbonyl (C=O) groups is 1. The standard InChI is InChI=1S/C15H14BrNO3/c1-17(12-3-2-4-13(18)8-12)9-11-6-5-10(15(19)20)7-14(11)16/h2-8,18H,9H2,1H3,(H,19,20). The molecule has 20 heavy (non-hydrogen) atoms. The van der Waals surface area contributed by atoms with E-state index in [4.69, 9.17) is 5.11 Å². The van der Waals surface area contributed by atoms with Crippen molar-refractivity contribution in [3.05, 3.63) is 58.1 Å². The number of carboxylic acids is 1. The Morgan fingerprint density at radius 2 is 2.00 bits per heavy atom. The second-order valence-corrected chi connectivity index (χ2v) is 5.34. The summed E-state index contributed by atoms with van der Waals surface area (Å²) in [5.41, 5.74) is 2.11. The fourth-order valence-corrected chi connectivity index (χ4v) is 2.39. The van der Waals surface area contributed by atoms with Crippen molar-refractivity contribution in [1.82, 2.24) is 0 Å². The van der Waals surface area contributed by atoms with Crippen LogP contribution in [0.1, 0.15) is 15.9 Å².